The number of carbonyl (C=O) groups excluding carboxylic acids is 1. The van der Waals surface area contributed by atoms with Gasteiger partial charge in [0.05, 0.1) is 14.2 Å². The molecule has 4 nitrogen and oxygen atoms in total. The maximum Gasteiger partial charge on any atom is 0.387 e. The van der Waals surface area contributed by atoms with Crippen LogP contribution in [0.5, 0.6) is 11.5 Å². The van der Waals surface area contributed by atoms with Gasteiger partial charge in [-0.15, -0.1) is 15.8 Å². The smallest absolute Gasteiger partial charge is 0.387 e. The second kappa shape index (κ2) is 8.12. The van der Waals surface area contributed by atoms with Gasteiger partial charge in [0, 0.05) is 11.1 Å². The van der Waals surface area contributed by atoms with Crippen LogP contribution in [0.25, 0.3) is 11.1 Å². The van der Waals surface area contributed by atoms with Crippen molar-refractivity contribution in [2.75, 3.05) is 0 Å². The zero-order valence-corrected chi connectivity index (χ0v) is 17.6. The molecule has 1 aliphatic heterocycles. The molecule has 1 aliphatic rings. The number of thiophene rings is 1. The molecule has 31 heavy (non-hydrogen) atoms. The number of halogens is 6. The Morgan fingerprint density at radius 3 is 2.61 bits per heavy atom. The van der Waals surface area contributed by atoms with Crippen LogP contribution in [0.4, 0.5) is 22.0 Å². The van der Waals surface area contributed by atoms with Gasteiger partial charge in [0.2, 0.25) is 0 Å². The van der Waals surface area contributed by atoms with Gasteiger partial charge in [-0.3, -0.25) is 4.79 Å². The van der Waals surface area contributed by atoms with Gasteiger partial charge < -0.3 is 9.47 Å². The Kier molecular flexibility index (Phi) is 5.65. The number of hydrogen-bond donors (Lipinski definition) is 1. The van der Waals surface area contributed by atoms with Gasteiger partial charge in [-0.1, -0.05) is 18.2 Å². The summed E-state index contributed by atoms with van der Waals surface area (Å²) in [5.41, 5.74) is 0.337. The Morgan fingerprint density at radius 2 is 1.97 bits per heavy atom. The van der Waals surface area contributed by atoms with Gasteiger partial charge in [0.25, 0.3) is 0 Å². The number of amides is 1. The number of ether oxygens (including phenoxy) is 2. The summed E-state index contributed by atoms with van der Waals surface area (Å²) in [5.74, 6) is -6.26. The molecule has 4 rings (SSSR count). The van der Waals surface area contributed by atoms with E-state index >= 15 is 0 Å². The number of fused-ring (bicyclic) bond motifs is 3. The minimum Gasteiger partial charge on any atom is -0.479 e. The summed E-state index contributed by atoms with van der Waals surface area (Å²) in [6, 6.07) is 11.0. The number of benzene rings is 2. The minimum atomic E-state index is -4.16. The van der Waals surface area contributed by atoms with Crippen molar-refractivity contribution in [3.05, 3.63) is 68.3 Å². The Hall–Kier alpha value is -2.66. The van der Waals surface area contributed by atoms with Crippen molar-refractivity contribution in [1.82, 2.24) is 5.54 Å². The summed E-state index contributed by atoms with van der Waals surface area (Å²) in [5, 5.41) is 0. The molecule has 11 heteroatoms. The predicted octanol–water partition coefficient (Wildman–Crippen LogP) is 6.35. The second-order valence-electron chi connectivity index (χ2n) is 6.45. The van der Waals surface area contributed by atoms with Crippen molar-refractivity contribution >= 4 is 33.2 Å². The first-order valence-electron chi connectivity index (χ1n) is 8.65. The van der Waals surface area contributed by atoms with E-state index in [0.717, 1.165) is 15.9 Å². The van der Waals surface area contributed by atoms with Crippen molar-refractivity contribution in [1.29, 1.82) is 0 Å². The van der Waals surface area contributed by atoms with Crippen LogP contribution in [0.2, 0.25) is 0 Å². The van der Waals surface area contributed by atoms with E-state index in [4.69, 9.17) is 4.74 Å². The average Bonchev–Trinajstić information content (AvgIpc) is 3.17. The number of carbonyl (C=O) groups is 1. The van der Waals surface area contributed by atoms with Crippen molar-refractivity contribution < 1.29 is 36.3 Å². The molecule has 1 unspecified atom stereocenters. The summed E-state index contributed by atoms with van der Waals surface area (Å²) in [7, 11) is 0. The number of hydrogen-bond acceptors (Lipinski definition) is 4. The monoisotopic (exact) mass is 519 g/mol. The van der Waals surface area contributed by atoms with Gasteiger partial charge in [0.1, 0.15) is 11.5 Å². The van der Waals surface area contributed by atoms with Crippen molar-refractivity contribution in [2.45, 2.75) is 18.6 Å². The molecule has 1 atom stereocenters. The van der Waals surface area contributed by atoms with Gasteiger partial charge in [-0.2, -0.15) is 23.1 Å². The summed E-state index contributed by atoms with van der Waals surface area (Å²) in [4.78, 5) is 12.0. The number of alkyl halides is 4. The largest absolute Gasteiger partial charge is 0.479 e. The van der Waals surface area contributed by atoms with Crippen LogP contribution in [0.3, 0.4) is 0 Å². The van der Waals surface area contributed by atoms with Crippen molar-refractivity contribution in [3.8, 4) is 22.6 Å². The highest BCUT2D eigenvalue weighted by atomic mass is 79.9. The van der Waals surface area contributed by atoms with Gasteiger partial charge in [0.15, 0.2) is 6.10 Å². The van der Waals surface area contributed by atoms with E-state index in [2.05, 4.69) is 20.7 Å². The van der Waals surface area contributed by atoms with E-state index in [0.29, 0.717) is 16.0 Å². The predicted molar refractivity (Wildman–Crippen MR) is 106 cm³/mol. The lowest BCUT2D eigenvalue weighted by molar-refractivity contribution is -0.151. The lowest BCUT2D eigenvalue weighted by Gasteiger charge is -2.30. The minimum absolute atomic E-state index is 0.162. The van der Waals surface area contributed by atoms with Crippen molar-refractivity contribution in [3.63, 3.8) is 0 Å². The molecule has 0 saturated carbocycles. The zero-order chi connectivity index (χ0) is 22.3. The second-order valence-corrected chi connectivity index (χ2v) is 8.94. The molecule has 0 radical (unpaired) electrons. The van der Waals surface area contributed by atoms with E-state index in [1.54, 1.807) is 18.2 Å². The summed E-state index contributed by atoms with van der Waals surface area (Å²) >= 11 is 4.61. The van der Waals surface area contributed by atoms with Crippen molar-refractivity contribution in [2.24, 2.45) is 0 Å². The molecule has 0 saturated heterocycles. The molecule has 1 amide bonds. The van der Waals surface area contributed by atoms with Crippen LogP contribution in [0.1, 0.15) is 22.1 Å². The molecule has 0 aliphatic carbocycles. The molecule has 1 N–H and O–H groups in total. The molecule has 0 spiro atoms. The quantitative estimate of drug-likeness (QED) is 0.315. The number of rotatable bonds is 5. The molecule has 1 aromatic heterocycles. The van der Waals surface area contributed by atoms with Crippen LogP contribution in [-0.2, 0) is 10.7 Å². The fourth-order valence-electron chi connectivity index (χ4n) is 3.33. The SMILES string of the molecule is O=C(NF)C(F)(F)c1ccc2c(c1)C(c1ccc(Br)s1)Oc1cccc(OC(F)F)c1-2. The van der Waals surface area contributed by atoms with E-state index in [-0.39, 0.29) is 22.6 Å². The Bertz CT molecular complexity index is 1150. The highest BCUT2D eigenvalue weighted by Gasteiger charge is 2.43. The standard InChI is InChI=1S/C20H11BrF5NO3S/c21-15-7-6-14(31-15)17-11-8-9(20(24,25)18(28)27-26)4-5-10(11)16-12(29-17)2-1-3-13(16)30-19(22)23/h1-8,17,19H,(H,27,28). The molecule has 3 aromatic rings. The molecule has 162 valence electrons. The third-order valence-corrected chi connectivity index (χ3v) is 6.31. The van der Waals surface area contributed by atoms with Crippen LogP contribution < -0.4 is 15.0 Å². The molecular weight excluding hydrogens is 509 g/mol. The molecule has 0 bridgehead atoms. The van der Waals surface area contributed by atoms with E-state index in [9.17, 15) is 26.8 Å². The lowest BCUT2D eigenvalue weighted by Crippen LogP contribution is -2.34. The van der Waals surface area contributed by atoms with E-state index < -0.39 is 30.1 Å². The van der Waals surface area contributed by atoms with Gasteiger partial charge in [-0.05, 0) is 51.8 Å². The topological polar surface area (TPSA) is 47.6 Å². The normalized spacial score (nSPS) is 15.1. The Labute approximate surface area is 184 Å². The van der Waals surface area contributed by atoms with Crippen LogP contribution in [-0.4, -0.2) is 12.5 Å². The summed E-state index contributed by atoms with van der Waals surface area (Å²) in [6.45, 7) is -3.11. The third-order valence-electron chi connectivity index (χ3n) is 4.64. The molecule has 0 fully saturated rings. The van der Waals surface area contributed by atoms with Crippen LogP contribution in [0.15, 0.2) is 52.3 Å². The third kappa shape index (κ3) is 3.87. The highest BCUT2D eigenvalue weighted by molar-refractivity contribution is 9.11. The van der Waals surface area contributed by atoms with Crippen LogP contribution >= 0.6 is 27.3 Å². The van der Waals surface area contributed by atoms with E-state index in [1.807, 2.05) is 0 Å². The van der Waals surface area contributed by atoms with E-state index in [1.165, 1.54) is 29.5 Å². The maximum atomic E-state index is 14.4. The fraction of sp³-hybridized carbons (Fsp3) is 0.150. The molecule has 2 heterocycles. The average molecular weight is 520 g/mol. The summed E-state index contributed by atoms with van der Waals surface area (Å²) < 4.78 is 78.3. The van der Waals surface area contributed by atoms with Crippen LogP contribution in [0, 0.1) is 0 Å². The first kappa shape index (κ1) is 21.6. The zero-order valence-electron chi connectivity index (χ0n) is 15.2. The highest BCUT2D eigenvalue weighted by Crippen LogP contribution is 2.51. The Balaban J connectivity index is 1.93. The summed E-state index contributed by atoms with van der Waals surface area (Å²) in [6.07, 6.45) is -0.871. The van der Waals surface area contributed by atoms with Gasteiger partial charge >= 0.3 is 18.4 Å². The molecule has 2 aromatic carbocycles. The Morgan fingerprint density at radius 1 is 1.19 bits per heavy atom. The van der Waals surface area contributed by atoms with Gasteiger partial charge in [-0.25, -0.2) is 0 Å². The lowest BCUT2D eigenvalue weighted by atomic mass is 9.89. The first-order valence-corrected chi connectivity index (χ1v) is 10.3. The first-order chi connectivity index (χ1) is 14.7. The maximum absolute atomic E-state index is 14.4. The number of nitrogens with one attached hydrogen (secondary N) is 1. The fourth-order valence-corrected chi connectivity index (χ4v) is 4.81. The molecular formula is C20H11BrF5NO3S.